The number of carbonyl (C=O) groups is 1. The van der Waals surface area contributed by atoms with Gasteiger partial charge in [-0.3, -0.25) is 4.79 Å². The van der Waals surface area contributed by atoms with E-state index in [4.69, 9.17) is 0 Å². The fourth-order valence-electron chi connectivity index (χ4n) is 2.78. The number of aromatic hydroxyl groups is 2. The molecular weight excluding hydrogens is 242 g/mol. The molecule has 4 heteroatoms. The molecule has 2 saturated carbocycles. The minimum Gasteiger partial charge on any atom is -0.508 e. The molecule has 3 rings (SSSR count). The zero-order valence-electron chi connectivity index (χ0n) is 10.8. The second-order valence-electron chi connectivity index (χ2n) is 5.75. The van der Waals surface area contributed by atoms with Crippen LogP contribution < -0.4 is 5.32 Å². The summed E-state index contributed by atoms with van der Waals surface area (Å²) in [6.07, 6.45) is 5.14. The second kappa shape index (κ2) is 4.76. The summed E-state index contributed by atoms with van der Waals surface area (Å²) in [5, 5.41) is 21.9. The SMILES string of the molecule is O=C(NCC(C1CC1)C1CC1)c1cc(O)ccc1O. The Bertz CT molecular complexity index is 480. The molecule has 3 N–H and O–H groups in total. The summed E-state index contributed by atoms with van der Waals surface area (Å²) in [5.41, 5.74) is 0.144. The van der Waals surface area contributed by atoms with Crippen LogP contribution in [0, 0.1) is 17.8 Å². The molecule has 1 amide bonds. The van der Waals surface area contributed by atoms with Gasteiger partial charge in [-0.15, -0.1) is 0 Å². The largest absolute Gasteiger partial charge is 0.508 e. The summed E-state index contributed by atoms with van der Waals surface area (Å²) >= 11 is 0. The van der Waals surface area contributed by atoms with Gasteiger partial charge in [0.15, 0.2) is 0 Å². The molecule has 0 aromatic heterocycles. The molecule has 2 fully saturated rings. The standard InChI is InChI=1S/C15H19NO3/c17-11-5-6-14(18)12(7-11)15(19)16-8-13(9-1-2-9)10-3-4-10/h5-7,9-10,13,17-18H,1-4,8H2,(H,16,19). The highest BCUT2D eigenvalue weighted by Gasteiger charge is 2.41. The number of phenolic OH excluding ortho intramolecular Hbond substituents is 2. The van der Waals surface area contributed by atoms with Crippen LogP contribution in [-0.4, -0.2) is 22.7 Å². The third-order valence-electron chi connectivity index (χ3n) is 4.18. The van der Waals surface area contributed by atoms with E-state index >= 15 is 0 Å². The summed E-state index contributed by atoms with van der Waals surface area (Å²) in [4.78, 5) is 12.0. The van der Waals surface area contributed by atoms with E-state index in [9.17, 15) is 15.0 Å². The van der Waals surface area contributed by atoms with Crippen LogP contribution in [0.25, 0.3) is 0 Å². The van der Waals surface area contributed by atoms with Crippen LogP contribution >= 0.6 is 0 Å². The third kappa shape index (κ3) is 2.83. The van der Waals surface area contributed by atoms with Crippen molar-refractivity contribution in [2.75, 3.05) is 6.54 Å². The molecule has 0 heterocycles. The smallest absolute Gasteiger partial charge is 0.255 e. The van der Waals surface area contributed by atoms with Gasteiger partial charge in [-0.1, -0.05) is 0 Å². The number of amides is 1. The zero-order chi connectivity index (χ0) is 13.4. The van der Waals surface area contributed by atoms with Crippen molar-refractivity contribution in [1.82, 2.24) is 5.32 Å². The highest BCUT2D eigenvalue weighted by Crippen LogP contribution is 2.48. The first kappa shape index (κ1) is 12.3. The van der Waals surface area contributed by atoms with Crippen molar-refractivity contribution in [1.29, 1.82) is 0 Å². The van der Waals surface area contributed by atoms with E-state index in [1.54, 1.807) is 0 Å². The van der Waals surface area contributed by atoms with Gasteiger partial charge in [0.05, 0.1) is 5.56 Å². The molecule has 0 bridgehead atoms. The Morgan fingerprint density at radius 3 is 2.42 bits per heavy atom. The van der Waals surface area contributed by atoms with Crippen molar-refractivity contribution in [3.05, 3.63) is 23.8 Å². The van der Waals surface area contributed by atoms with Gasteiger partial charge in [-0.25, -0.2) is 0 Å². The minimum absolute atomic E-state index is 0.0103. The fraction of sp³-hybridized carbons (Fsp3) is 0.533. The van der Waals surface area contributed by atoms with E-state index in [0.717, 1.165) is 11.8 Å². The van der Waals surface area contributed by atoms with Crippen LogP contribution in [0.5, 0.6) is 11.5 Å². The van der Waals surface area contributed by atoms with E-state index in [2.05, 4.69) is 5.32 Å². The lowest BCUT2D eigenvalue weighted by molar-refractivity contribution is 0.0940. The van der Waals surface area contributed by atoms with Gasteiger partial charge in [0.2, 0.25) is 0 Å². The van der Waals surface area contributed by atoms with E-state index in [1.807, 2.05) is 0 Å². The maximum absolute atomic E-state index is 12.0. The summed E-state index contributed by atoms with van der Waals surface area (Å²) in [6, 6.07) is 4.00. The van der Waals surface area contributed by atoms with Crippen LogP contribution in [0.1, 0.15) is 36.0 Å². The van der Waals surface area contributed by atoms with E-state index in [-0.39, 0.29) is 23.0 Å². The molecule has 1 aromatic rings. The van der Waals surface area contributed by atoms with Crippen molar-refractivity contribution < 1.29 is 15.0 Å². The first-order valence-corrected chi connectivity index (χ1v) is 6.95. The lowest BCUT2D eigenvalue weighted by Gasteiger charge is -2.16. The number of hydrogen-bond acceptors (Lipinski definition) is 3. The number of nitrogens with one attached hydrogen (secondary N) is 1. The topological polar surface area (TPSA) is 69.6 Å². The van der Waals surface area contributed by atoms with Crippen LogP contribution in [0.2, 0.25) is 0 Å². The Balaban J connectivity index is 1.62. The van der Waals surface area contributed by atoms with Crippen LogP contribution in [0.15, 0.2) is 18.2 Å². The number of benzene rings is 1. The molecule has 0 spiro atoms. The maximum Gasteiger partial charge on any atom is 0.255 e. The number of rotatable bonds is 5. The summed E-state index contributed by atoms with van der Waals surface area (Å²) in [6.45, 7) is 0.684. The Morgan fingerprint density at radius 1 is 1.21 bits per heavy atom. The van der Waals surface area contributed by atoms with Gasteiger partial charge in [0.1, 0.15) is 11.5 Å². The Kier molecular flexibility index (Phi) is 3.09. The Labute approximate surface area is 112 Å². The van der Waals surface area contributed by atoms with E-state index in [0.29, 0.717) is 12.5 Å². The quantitative estimate of drug-likeness (QED) is 0.712. The first-order chi connectivity index (χ1) is 9.15. The highest BCUT2D eigenvalue weighted by molar-refractivity contribution is 5.97. The summed E-state index contributed by atoms with van der Waals surface area (Å²) in [7, 11) is 0. The second-order valence-corrected chi connectivity index (χ2v) is 5.75. The van der Waals surface area contributed by atoms with Crippen molar-refractivity contribution in [3.8, 4) is 11.5 Å². The molecule has 0 saturated heterocycles. The van der Waals surface area contributed by atoms with Gasteiger partial charge in [-0.05, 0) is 61.6 Å². The summed E-state index contributed by atoms with van der Waals surface area (Å²) in [5.74, 6) is 1.76. The molecule has 1 aromatic carbocycles. The predicted octanol–water partition coefficient (Wildman–Crippen LogP) is 2.26. The highest BCUT2D eigenvalue weighted by atomic mass is 16.3. The van der Waals surface area contributed by atoms with Crippen LogP contribution in [0.3, 0.4) is 0 Å². The Hall–Kier alpha value is -1.71. The van der Waals surface area contributed by atoms with E-state index < -0.39 is 0 Å². The number of hydrogen-bond donors (Lipinski definition) is 3. The van der Waals surface area contributed by atoms with Crippen LogP contribution in [-0.2, 0) is 0 Å². The molecule has 2 aliphatic rings. The van der Waals surface area contributed by atoms with Crippen molar-refractivity contribution in [2.24, 2.45) is 17.8 Å². The average Bonchev–Trinajstić information content (AvgIpc) is 3.25. The minimum atomic E-state index is -0.306. The number of phenols is 2. The molecular formula is C15H19NO3. The van der Waals surface area contributed by atoms with E-state index in [1.165, 1.54) is 43.9 Å². The molecule has 0 atom stereocenters. The van der Waals surface area contributed by atoms with Crippen molar-refractivity contribution >= 4 is 5.91 Å². The molecule has 0 unspecified atom stereocenters. The lowest BCUT2D eigenvalue weighted by atomic mass is 9.98. The summed E-state index contributed by atoms with van der Waals surface area (Å²) < 4.78 is 0. The van der Waals surface area contributed by atoms with Crippen molar-refractivity contribution in [2.45, 2.75) is 25.7 Å². The molecule has 0 aliphatic heterocycles. The molecule has 0 radical (unpaired) electrons. The molecule has 102 valence electrons. The fourth-order valence-corrected chi connectivity index (χ4v) is 2.78. The normalized spacial score (nSPS) is 18.6. The van der Waals surface area contributed by atoms with Gasteiger partial charge in [0, 0.05) is 6.54 Å². The van der Waals surface area contributed by atoms with Crippen molar-refractivity contribution in [3.63, 3.8) is 0 Å². The van der Waals surface area contributed by atoms with Crippen LogP contribution in [0.4, 0.5) is 0 Å². The first-order valence-electron chi connectivity index (χ1n) is 6.95. The number of carbonyl (C=O) groups excluding carboxylic acids is 1. The van der Waals surface area contributed by atoms with Gasteiger partial charge in [-0.2, -0.15) is 0 Å². The van der Waals surface area contributed by atoms with Gasteiger partial charge >= 0.3 is 0 Å². The Morgan fingerprint density at radius 2 is 1.84 bits per heavy atom. The van der Waals surface area contributed by atoms with Gasteiger partial charge in [0.25, 0.3) is 5.91 Å². The monoisotopic (exact) mass is 261 g/mol. The predicted molar refractivity (Wildman–Crippen MR) is 71.0 cm³/mol. The zero-order valence-corrected chi connectivity index (χ0v) is 10.8. The maximum atomic E-state index is 12.0. The average molecular weight is 261 g/mol. The molecule has 19 heavy (non-hydrogen) atoms. The van der Waals surface area contributed by atoms with Gasteiger partial charge < -0.3 is 15.5 Å². The lowest BCUT2D eigenvalue weighted by Crippen LogP contribution is -2.31. The third-order valence-corrected chi connectivity index (χ3v) is 4.18. The molecule has 4 nitrogen and oxygen atoms in total. The molecule has 2 aliphatic carbocycles.